The van der Waals surface area contributed by atoms with E-state index in [-0.39, 0.29) is 0 Å². The van der Waals surface area contributed by atoms with Gasteiger partial charge in [-0.25, -0.2) is 4.98 Å². The van der Waals surface area contributed by atoms with Crippen LogP contribution in [0.2, 0.25) is 0 Å². The first-order valence-electron chi connectivity index (χ1n) is 9.73. The first-order valence-corrected chi connectivity index (χ1v) is 10.6. The second-order valence-electron chi connectivity index (χ2n) is 7.45. The Balaban J connectivity index is 1.54. The van der Waals surface area contributed by atoms with Gasteiger partial charge in [0.25, 0.3) is 0 Å². The van der Waals surface area contributed by atoms with Gasteiger partial charge in [-0.15, -0.1) is 0 Å². The van der Waals surface area contributed by atoms with E-state index in [1.165, 1.54) is 43.6 Å². The molecule has 0 radical (unpaired) electrons. The maximum absolute atomic E-state index is 4.80. The minimum absolute atomic E-state index is 1.05. The highest BCUT2D eigenvalue weighted by molar-refractivity contribution is 7.23. The summed E-state index contributed by atoms with van der Waals surface area (Å²) >= 11 is 1.74. The van der Waals surface area contributed by atoms with Crippen LogP contribution < -0.4 is 0 Å². The van der Waals surface area contributed by atoms with Crippen molar-refractivity contribution in [1.29, 1.82) is 0 Å². The number of fused-ring (bicyclic) bond motifs is 5. The molecule has 2 nitrogen and oxygen atoms in total. The molecule has 0 aliphatic rings. The Kier molecular flexibility index (Phi) is 3.58. The van der Waals surface area contributed by atoms with Crippen molar-refractivity contribution in [2.45, 2.75) is 6.92 Å². The molecular formula is C26H18N2S. The molecule has 6 aromatic rings. The highest BCUT2D eigenvalue weighted by Crippen LogP contribution is 2.34. The van der Waals surface area contributed by atoms with Gasteiger partial charge in [0.05, 0.1) is 21.3 Å². The number of rotatable bonds is 2. The zero-order valence-corrected chi connectivity index (χ0v) is 16.8. The Morgan fingerprint density at radius 3 is 2.21 bits per heavy atom. The zero-order chi connectivity index (χ0) is 19.4. The van der Waals surface area contributed by atoms with Gasteiger partial charge in [-0.2, -0.15) is 0 Å². The summed E-state index contributed by atoms with van der Waals surface area (Å²) in [6, 6.07) is 32.6. The van der Waals surface area contributed by atoms with Crippen LogP contribution in [0, 0.1) is 6.92 Å². The summed E-state index contributed by atoms with van der Waals surface area (Å²) in [6.07, 6.45) is 0. The molecule has 0 aliphatic carbocycles. The molecule has 2 aromatic heterocycles. The lowest BCUT2D eigenvalue weighted by Crippen LogP contribution is -1.84. The van der Waals surface area contributed by atoms with Crippen LogP contribution in [0.4, 0.5) is 0 Å². The molecule has 0 saturated carbocycles. The van der Waals surface area contributed by atoms with Crippen LogP contribution in [0.5, 0.6) is 0 Å². The van der Waals surface area contributed by atoms with Crippen molar-refractivity contribution in [3.05, 3.63) is 96.6 Å². The fourth-order valence-electron chi connectivity index (χ4n) is 4.06. The lowest BCUT2D eigenvalue weighted by molar-refractivity contribution is 1.35. The van der Waals surface area contributed by atoms with Crippen molar-refractivity contribution in [2.75, 3.05) is 0 Å². The number of thiazole rings is 1. The fraction of sp³-hybridized carbons (Fsp3) is 0.0385. The van der Waals surface area contributed by atoms with Gasteiger partial charge in [-0.05, 0) is 59.5 Å². The van der Waals surface area contributed by atoms with Gasteiger partial charge in [-0.1, -0.05) is 77.6 Å². The van der Waals surface area contributed by atoms with Gasteiger partial charge in [0.1, 0.15) is 0 Å². The predicted octanol–water partition coefficient (Wildman–Crippen LogP) is 7.34. The van der Waals surface area contributed by atoms with Crippen LogP contribution in [0.3, 0.4) is 0 Å². The van der Waals surface area contributed by atoms with Gasteiger partial charge in [0.2, 0.25) is 0 Å². The van der Waals surface area contributed by atoms with Gasteiger partial charge in [0, 0.05) is 0 Å². The van der Waals surface area contributed by atoms with E-state index < -0.39 is 0 Å². The molecule has 29 heavy (non-hydrogen) atoms. The van der Waals surface area contributed by atoms with E-state index in [1.807, 2.05) is 6.07 Å². The van der Waals surface area contributed by atoms with Crippen molar-refractivity contribution in [3.8, 4) is 22.3 Å². The van der Waals surface area contributed by atoms with Crippen LogP contribution in [0.15, 0.2) is 91.0 Å². The third-order valence-corrected chi connectivity index (χ3v) is 6.50. The molecule has 0 saturated heterocycles. The van der Waals surface area contributed by atoms with Gasteiger partial charge < -0.3 is 0 Å². The molecule has 0 atom stereocenters. The largest absolute Gasteiger partial charge is 0.283 e. The van der Waals surface area contributed by atoms with E-state index in [0.717, 1.165) is 10.5 Å². The monoisotopic (exact) mass is 390 g/mol. The summed E-state index contributed by atoms with van der Waals surface area (Å²) in [7, 11) is 0. The molecule has 0 fully saturated rings. The van der Waals surface area contributed by atoms with Gasteiger partial charge in [-0.3, -0.25) is 4.40 Å². The first kappa shape index (κ1) is 16.5. The van der Waals surface area contributed by atoms with E-state index in [0.29, 0.717) is 0 Å². The molecule has 138 valence electrons. The predicted molar refractivity (Wildman–Crippen MR) is 124 cm³/mol. The highest BCUT2D eigenvalue weighted by Gasteiger charge is 2.12. The molecule has 4 aromatic carbocycles. The molecule has 6 rings (SSSR count). The third kappa shape index (κ3) is 2.66. The summed E-state index contributed by atoms with van der Waals surface area (Å²) < 4.78 is 3.54. The number of benzene rings is 4. The average Bonchev–Trinajstić information content (AvgIpc) is 3.29. The van der Waals surface area contributed by atoms with Crippen LogP contribution in [-0.2, 0) is 0 Å². The van der Waals surface area contributed by atoms with Crippen molar-refractivity contribution < 1.29 is 0 Å². The number of hydrogen-bond donors (Lipinski definition) is 0. The molecule has 2 heterocycles. The Labute approximate surface area is 172 Å². The average molecular weight is 391 g/mol. The van der Waals surface area contributed by atoms with Crippen molar-refractivity contribution >= 4 is 37.5 Å². The number of nitrogens with zero attached hydrogens (tertiary/aromatic N) is 2. The standard InChI is InChI=1S/C26H18N2S/c1-17-6-4-7-18(14-17)19-8-5-9-20(15-19)21-12-13-25-24(16-21)28-23-11-3-2-10-22(23)27-26(28)29-25/h2-16H,1H3. The van der Waals surface area contributed by atoms with E-state index >= 15 is 0 Å². The molecule has 3 heteroatoms. The number of aryl methyl sites for hydroxylation is 1. The van der Waals surface area contributed by atoms with Crippen LogP contribution in [0.1, 0.15) is 5.56 Å². The lowest BCUT2D eigenvalue weighted by atomic mass is 9.98. The number of aromatic nitrogens is 2. The quantitative estimate of drug-likeness (QED) is 0.302. The maximum atomic E-state index is 4.80. The fourth-order valence-corrected chi connectivity index (χ4v) is 5.08. The van der Waals surface area contributed by atoms with Crippen molar-refractivity contribution in [2.24, 2.45) is 0 Å². The summed E-state index contributed by atoms with van der Waals surface area (Å²) in [6.45, 7) is 2.14. The molecule has 0 aliphatic heterocycles. The maximum Gasteiger partial charge on any atom is 0.195 e. The normalized spacial score (nSPS) is 11.6. The SMILES string of the molecule is Cc1cccc(-c2cccc(-c3ccc4sc5nc6ccccc6n5c4c3)c2)c1. The molecular weight excluding hydrogens is 372 g/mol. The minimum atomic E-state index is 1.05. The van der Waals surface area contributed by atoms with E-state index in [9.17, 15) is 0 Å². The van der Waals surface area contributed by atoms with E-state index in [4.69, 9.17) is 4.98 Å². The zero-order valence-electron chi connectivity index (χ0n) is 16.0. The van der Waals surface area contributed by atoms with Crippen molar-refractivity contribution in [3.63, 3.8) is 0 Å². The molecule has 0 bridgehead atoms. The minimum Gasteiger partial charge on any atom is -0.283 e. The lowest BCUT2D eigenvalue weighted by Gasteiger charge is -2.07. The second-order valence-corrected chi connectivity index (χ2v) is 8.46. The smallest absolute Gasteiger partial charge is 0.195 e. The molecule has 0 N–H and O–H groups in total. The highest BCUT2D eigenvalue weighted by atomic mass is 32.1. The molecule has 0 amide bonds. The number of imidazole rings is 1. The second kappa shape index (κ2) is 6.29. The topological polar surface area (TPSA) is 17.3 Å². The van der Waals surface area contributed by atoms with Gasteiger partial charge >= 0.3 is 0 Å². The van der Waals surface area contributed by atoms with Crippen LogP contribution in [-0.4, -0.2) is 9.38 Å². The Bertz CT molecular complexity index is 1520. The molecule has 0 unspecified atom stereocenters. The van der Waals surface area contributed by atoms with Crippen LogP contribution >= 0.6 is 11.3 Å². The van der Waals surface area contributed by atoms with Crippen molar-refractivity contribution in [1.82, 2.24) is 9.38 Å². The summed E-state index contributed by atoms with van der Waals surface area (Å²) in [5.74, 6) is 0. The Morgan fingerprint density at radius 1 is 0.655 bits per heavy atom. The van der Waals surface area contributed by atoms with E-state index in [2.05, 4.69) is 96.3 Å². The molecule has 0 spiro atoms. The number of hydrogen-bond acceptors (Lipinski definition) is 2. The Morgan fingerprint density at radius 2 is 1.38 bits per heavy atom. The number of para-hydroxylation sites is 2. The van der Waals surface area contributed by atoms with Gasteiger partial charge in [0.15, 0.2) is 4.96 Å². The van der Waals surface area contributed by atoms with Crippen LogP contribution in [0.25, 0.3) is 48.5 Å². The Hall–Kier alpha value is -3.43. The van der Waals surface area contributed by atoms with E-state index in [1.54, 1.807) is 11.3 Å². The summed E-state index contributed by atoms with van der Waals surface area (Å²) in [4.78, 5) is 5.85. The summed E-state index contributed by atoms with van der Waals surface area (Å²) in [5, 5.41) is 0. The summed E-state index contributed by atoms with van der Waals surface area (Å²) in [5.41, 5.74) is 9.67. The first-order chi connectivity index (χ1) is 14.3. The third-order valence-electron chi connectivity index (χ3n) is 5.48.